The monoisotopic (exact) mass is 448 g/mol. The Morgan fingerprint density at radius 1 is 0.939 bits per heavy atom. The van der Waals surface area contributed by atoms with Crippen LogP contribution in [0.5, 0.6) is 11.5 Å². The minimum absolute atomic E-state index is 0.0162. The molecule has 1 N–H and O–H groups in total. The van der Waals surface area contributed by atoms with Crippen LogP contribution in [0, 0.1) is 0 Å². The molecule has 0 aliphatic carbocycles. The Labute approximate surface area is 193 Å². The molecule has 2 aromatic carbocycles. The summed E-state index contributed by atoms with van der Waals surface area (Å²) in [5.74, 6) is 1.04. The molecular weight excluding hydrogens is 420 g/mol. The number of carbonyl (C=O) groups is 2. The first-order valence-corrected chi connectivity index (χ1v) is 11.1. The van der Waals surface area contributed by atoms with Crippen molar-refractivity contribution in [3.05, 3.63) is 73.1 Å². The summed E-state index contributed by atoms with van der Waals surface area (Å²) in [6, 6.07) is 18.6. The van der Waals surface area contributed by atoms with Crippen LogP contribution in [0.3, 0.4) is 0 Å². The highest BCUT2D eigenvalue weighted by Crippen LogP contribution is 2.20. The fraction of sp³-hybridized carbons (Fsp3) is 0.320. The lowest BCUT2D eigenvalue weighted by molar-refractivity contribution is -0.137. The molecule has 1 aliphatic heterocycles. The number of hydrogen-bond donors (Lipinski definition) is 1. The van der Waals surface area contributed by atoms with Crippen LogP contribution in [0.4, 0.5) is 5.69 Å². The molecule has 1 fully saturated rings. The third-order valence-electron chi connectivity index (χ3n) is 5.48. The zero-order valence-corrected chi connectivity index (χ0v) is 18.4. The molecular formula is C25H28N4O4. The molecule has 8 heteroatoms. The van der Waals surface area contributed by atoms with Crippen LogP contribution in [0.15, 0.2) is 73.1 Å². The van der Waals surface area contributed by atoms with Gasteiger partial charge in [-0.05, 0) is 43.5 Å². The molecule has 0 bridgehead atoms. The molecule has 0 radical (unpaired) electrons. The van der Waals surface area contributed by atoms with Crippen molar-refractivity contribution >= 4 is 17.5 Å². The number of nitrogens with zero attached hydrogens (tertiary/aromatic N) is 3. The molecule has 1 aliphatic rings. The van der Waals surface area contributed by atoms with Crippen molar-refractivity contribution in [3.63, 3.8) is 0 Å². The number of likely N-dealkylation sites (tertiary alicyclic amines) is 1. The number of amides is 2. The molecule has 8 nitrogen and oxygen atoms in total. The van der Waals surface area contributed by atoms with E-state index in [2.05, 4.69) is 10.4 Å². The maximum absolute atomic E-state index is 12.8. The normalized spacial score (nSPS) is 15.6. The van der Waals surface area contributed by atoms with Gasteiger partial charge in [0.25, 0.3) is 11.8 Å². The zero-order valence-electron chi connectivity index (χ0n) is 18.4. The highest BCUT2D eigenvalue weighted by molar-refractivity contribution is 5.91. The Bertz CT molecular complexity index is 1040. The second-order valence-electron chi connectivity index (χ2n) is 7.94. The van der Waals surface area contributed by atoms with Crippen molar-refractivity contribution in [2.45, 2.75) is 31.8 Å². The third kappa shape index (κ3) is 6.58. The zero-order chi connectivity index (χ0) is 22.9. The molecule has 1 saturated heterocycles. The number of piperidine rings is 1. The molecule has 1 unspecified atom stereocenters. The summed E-state index contributed by atoms with van der Waals surface area (Å²) in [6.07, 6.45) is 6.33. The lowest BCUT2D eigenvalue weighted by atomic mass is 10.0. The summed E-state index contributed by atoms with van der Waals surface area (Å²) >= 11 is 0. The quantitative estimate of drug-likeness (QED) is 0.543. The highest BCUT2D eigenvalue weighted by atomic mass is 16.5. The van der Waals surface area contributed by atoms with Gasteiger partial charge in [0.05, 0.1) is 24.5 Å². The lowest BCUT2D eigenvalue weighted by Crippen LogP contribution is -2.47. The Kier molecular flexibility index (Phi) is 7.58. The fourth-order valence-electron chi connectivity index (χ4n) is 3.87. The van der Waals surface area contributed by atoms with Crippen molar-refractivity contribution in [1.29, 1.82) is 0 Å². The summed E-state index contributed by atoms with van der Waals surface area (Å²) in [5.41, 5.74) is 0.595. The minimum Gasteiger partial charge on any atom is -0.484 e. The largest absolute Gasteiger partial charge is 0.484 e. The van der Waals surface area contributed by atoms with E-state index in [9.17, 15) is 9.59 Å². The van der Waals surface area contributed by atoms with Gasteiger partial charge in [0.2, 0.25) is 0 Å². The van der Waals surface area contributed by atoms with Gasteiger partial charge < -0.3 is 19.7 Å². The Balaban J connectivity index is 1.28. The SMILES string of the molecule is O=C(COc1ccccc1)Nc1cnn(CC2CCCCN2C(=O)COc2ccccc2)c1. The van der Waals surface area contributed by atoms with E-state index >= 15 is 0 Å². The van der Waals surface area contributed by atoms with Crippen LogP contribution in [0.1, 0.15) is 19.3 Å². The number of nitrogens with one attached hydrogen (secondary N) is 1. The van der Waals surface area contributed by atoms with Gasteiger partial charge in [0.1, 0.15) is 11.5 Å². The number of hydrogen-bond acceptors (Lipinski definition) is 5. The third-order valence-corrected chi connectivity index (χ3v) is 5.48. The Hall–Kier alpha value is -3.81. The van der Waals surface area contributed by atoms with Crippen molar-refractivity contribution in [1.82, 2.24) is 14.7 Å². The molecule has 172 valence electrons. The van der Waals surface area contributed by atoms with Crippen LogP contribution in [0.2, 0.25) is 0 Å². The van der Waals surface area contributed by atoms with Gasteiger partial charge in [-0.1, -0.05) is 36.4 Å². The van der Waals surface area contributed by atoms with E-state index in [1.165, 1.54) is 0 Å². The standard InChI is InChI=1S/C25H28N4O4/c30-24(18-32-22-10-3-1-4-11-22)27-20-15-26-28(16-20)17-21-9-7-8-14-29(21)25(31)19-33-23-12-5-2-6-13-23/h1-6,10-13,15-16,21H,7-9,14,17-19H2,(H,27,30). The van der Waals surface area contributed by atoms with E-state index < -0.39 is 0 Å². The van der Waals surface area contributed by atoms with E-state index in [0.717, 1.165) is 19.3 Å². The predicted octanol–water partition coefficient (Wildman–Crippen LogP) is 3.36. The van der Waals surface area contributed by atoms with E-state index in [0.29, 0.717) is 30.3 Å². The molecule has 2 heterocycles. The van der Waals surface area contributed by atoms with E-state index in [-0.39, 0.29) is 31.1 Å². The van der Waals surface area contributed by atoms with Gasteiger partial charge in [-0.15, -0.1) is 0 Å². The summed E-state index contributed by atoms with van der Waals surface area (Å²) in [6.45, 7) is 1.21. The van der Waals surface area contributed by atoms with Crippen LogP contribution in [-0.2, 0) is 16.1 Å². The summed E-state index contributed by atoms with van der Waals surface area (Å²) in [7, 11) is 0. The Morgan fingerprint density at radius 2 is 1.61 bits per heavy atom. The number of rotatable bonds is 9. The smallest absolute Gasteiger partial charge is 0.262 e. The average Bonchev–Trinajstić information content (AvgIpc) is 3.29. The second-order valence-corrected chi connectivity index (χ2v) is 7.94. The molecule has 33 heavy (non-hydrogen) atoms. The summed E-state index contributed by atoms with van der Waals surface area (Å²) < 4.78 is 12.9. The maximum Gasteiger partial charge on any atom is 0.262 e. The van der Waals surface area contributed by atoms with Crippen molar-refractivity contribution in [2.75, 3.05) is 25.1 Å². The number of ether oxygens (including phenoxy) is 2. The number of benzene rings is 2. The maximum atomic E-state index is 12.8. The topological polar surface area (TPSA) is 85.7 Å². The first-order chi connectivity index (χ1) is 16.2. The molecule has 0 spiro atoms. The van der Waals surface area contributed by atoms with Crippen molar-refractivity contribution in [2.24, 2.45) is 0 Å². The number of aromatic nitrogens is 2. The van der Waals surface area contributed by atoms with Crippen LogP contribution >= 0.6 is 0 Å². The van der Waals surface area contributed by atoms with Crippen LogP contribution in [-0.4, -0.2) is 52.3 Å². The molecule has 1 atom stereocenters. The fourth-order valence-corrected chi connectivity index (χ4v) is 3.87. The molecule has 1 aromatic heterocycles. The highest BCUT2D eigenvalue weighted by Gasteiger charge is 2.27. The molecule has 0 saturated carbocycles. The average molecular weight is 449 g/mol. The van der Waals surface area contributed by atoms with E-state index in [1.807, 2.05) is 53.4 Å². The number of para-hydroxylation sites is 2. The Morgan fingerprint density at radius 3 is 2.30 bits per heavy atom. The first kappa shape index (κ1) is 22.4. The first-order valence-electron chi connectivity index (χ1n) is 11.1. The summed E-state index contributed by atoms with van der Waals surface area (Å²) in [5, 5.41) is 7.16. The lowest BCUT2D eigenvalue weighted by Gasteiger charge is -2.35. The van der Waals surface area contributed by atoms with Crippen molar-refractivity contribution in [3.8, 4) is 11.5 Å². The number of anilines is 1. The van der Waals surface area contributed by atoms with E-state index in [1.54, 1.807) is 29.2 Å². The molecule has 4 rings (SSSR count). The summed E-state index contributed by atoms with van der Waals surface area (Å²) in [4.78, 5) is 26.9. The van der Waals surface area contributed by atoms with E-state index in [4.69, 9.17) is 9.47 Å². The van der Waals surface area contributed by atoms with Gasteiger partial charge in [-0.25, -0.2) is 0 Å². The van der Waals surface area contributed by atoms with Gasteiger partial charge in [0.15, 0.2) is 13.2 Å². The predicted molar refractivity (Wildman–Crippen MR) is 124 cm³/mol. The van der Waals surface area contributed by atoms with Crippen molar-refractivity contribution < 1.29 is 19.1 Å². The van der Waals surface area contributed by atoms with Gasteiger partial charge >= 0.3 is 0 Å². The van der Waals surface area contributed by atoms with Gasteiger partial charge in [-0.2, -0.15) is 5.10 Å². The van der Waals surface area contributed by atoms with Crippen LogP contribution < -0.4 is 14.8 Å². The van der Waals surface area contributed by atoms with Gasteiger partial charge in [0, 0.05) is 12.7 Å². The van der Waals surface area contributed by atoms with Crippen LogP contribution in [0.25, 0.3) is 0 Å². The minimum atomic E-state index is -0.258. The molecule has 2 amide bonds. The number of carbonyl (C=O) groups excluding carboxylic acids is 2. The second kappa shape index (κ2) is 11.2. The van der Waals surface area contributed by atoms with Gasteiger partial charge in [-0.3, -0.25) is 14.3 Å². The molecule has 3 aromatic rings.